The van der Waals surface area contributed by atoms with Crippen LogP contribution in [0.3, 0.4) is 0 Å². The molecule has 0 saturated carbocycles. The van der Waals surface area contributed by atoms with Crippen LogP contribution in [0, 0.1) is 6.92 Å². The zero-order valence-corrected chi connectivity index (χ0v) is 9.26. The smallest absolute Gasteiger partial charge is 0.150 e. The lowest BCUT2D eigenvalue weighted by molar-refractivity contribution is 0.722. The molecule has 12 heavy (non-hydrogen) atoms. The van der Waals surface area contributed by atoms with Crippen molar-refractivity contribution in [2.75, 3.05) is 6.54 Å². The molecule has 2 nitrogen and oxygen atoms in total. The highest BCUT2D eigenvalue weighted by Gasteiger charge is 2.18. The van der Waals surface area contributed by atoms with Crippen molar-refractivity contribution >= 4 is 23.1 Å². The Morgan fingerprint density at radius 1 is 1.67 bits per heavy atom. The van der Waals surface area contributed by atoms with E-state index in [9.17, 15) is 0 Å². The molecule has 0 amide bonds. The molecule has 0 atom stereocenters. The Balaban J connectivity index is 2.63. The third-order valence-corrected chi connectivity index (χ3v) is 3.73. The van der Waals surface area contributed by atoms with E-state index >= 15 is 0 Å². The van der Waals surface area contributed by atoms with Crippen LogP contribution in [-0.4, -0.2) is 16.3 Å². The molecule has 0 aliphatic heterocycles. The van der Waals surface area contributed by atoms with E-state index in [2.05, 4.69) is 24.2 Å². The predicted octanol–water partition coefficient (Wildman–Crippen LogP) is 2.28. The highest BCUT2D eigenvalue weighted by Crippen LogP contribution is 2.33. The average Bonchev–Trinajstić information content (AvgIpc) is 2.35. The molecule has 0 aliphatic rings. The van der Waals surface area contributed by atoms with Gasteiger partial charge in [0.15, 0.2) is 4.34 Å². The summed E-state index contributed by atoms with van der Waals surface area (Å²) in [4.78, 5) is 4.37. The summed E-state index contributed by atoms with van der Waals surface area (Å²) < 4.78 is 1.22. The summed E-state index contributed by atoms with van der Waals surface area (Å²) in [6.45, 7) is 6.95. The first-order chi connectivity index (χ1) is 5.53. The Bertz CT molecular complexity index is 255. The second-order valence-corrected chi connectivity index (χ2v) is 6.13. The fourth-order valence-corrected chi connectivity index (χ4v) is 2.94. The predicted molar refractivity (Wildman–Crippen MR) is 55.8 cm³/mol. The number of nitrogens with zero attached hydrogens (tertiary/aromatic N) is 1. The first-order valence-electron chi connectivity index (χ1n) is 3.85. The highest BCUT2D eigenvalue weighted by molar-refractivity contribution is 8.02. The molecule has 4 heteroatoms. The van der Waals surface area contributed by atoms with E-state index in [1.807, 2.05) is 6.92 Å². The van der Waals surface area contributed by atoms with Crippen molar-refractivity contribution in [3.05, 3.63) is 11.1 Å². The summed E-state index contributed by atoms with van der Waals surface area (Å²) >= 11 is 3.44. The van der Waals surface area contributed by atoms with Crippen LogP contribution in [0.25, 0.3) is 0 Å². The van der Waals surface area contributed by atoms with Crippen LogP contribution >= 0.6 is 23.1 Å². The Labute approximate surface area is 81.6 Å². The van der Waals surface area contributed by atoms with Crippen molar-refractivity contribution < 1.29 is 0 Å². The van der Waals surface area contributed by atoms with Crippen LogP contribution in [0.2, 0.25) is 0 Å². The largest absolute Gasteiger partial charge is 0.329 e. The topological polar surface area (TPSA) is 38.9 Å². The zero-order chi connectivity index (χ0) is 9.19. The van der Waals surface area contributed by atoms with Crippen molar-refractivity contribution in [2.45, 2.75) is 29.9 Å². The molecule has 2 N–H and O–H groups in total. The van der Waals surface area contributed by atoms with Gasteiger partial charge < -0.3 is 5.73 Å². The number of aryl methyl sites for hydroxylation is 1. The standard InChI is InChI=1S/C8H14N2S2/c1-6-4-11-7(10-6)12-8(2,3)5-9/h4H,5,9H2,1-3H3. The fraction of sp³-hybridized carbons (Fsp3) is 0.625. The van der Waals surface area contributed by atoms with E-state index in [1.165, 1.54) is 0 Å². The van der Waals surface area contributed by atoms with Gasteiger partial charge in [0.25, 0.3) is 0 Å². The van der Waals surface area contributed by atoms with Gasteiger partial charge in [0, 0.05) is 22.4 Å². The maximum atomic E-state index is 5.62. The van der Waals surface area contributed by atoms with Crippen LogP contribution in [0.1, 0.15) is 19.5 Å². The zero-order valence-electron chi connectivity index (χ0n) is 7.63. The molecular weight excluding hydrogens is 188 g/mol. The van der Waals surface area contributed by atoms with Crippen molar-refractivity contribution in [2.24, 2.45) is 5.73 Å². The van der Waals surface area contributed by atoms with Crippen molar-refractivity contribution in [3.8, 4) is 0 Å². The lowest BCUT2D eigenvalue weighted by Crippen LogP contribution is -2.26. The van der Waals surface area contributed by atoms with Crippen molar-refractivity contribution in [1.82, 2.24) is 4.98 Å². The number of thioether (sulfide) groups is 1. The lowest BCUT2D eigenvalue weighted by Gasteiger charge is -2.19. The van der Waals surface area contributed by atoms with Crippen molar-refractivity contribution in [1.29, 1.82) is 0 Å². The minimum absolute atomic E-state index is 0.101. The number of nitrogens with two attached hydrogens (primary N) is 1. The molecule has 0 radical (unpaired) electrons. The Morgan fingerprint density at radius 3 is 2.75 bits per heavy atom. The molecule has 0 aromatic carbocycles. The van der Waals surface area contributed by atoms with Gasteiger partial charge in [0.1, 0.15) is 0 Å². The highest BCUT2D eigenvalue weighted by atomic mass is 32.2. The van der Waals surface area contributed by atoms with E-state index in [0.29, 0.717) is 6.54 Å². The van der Waals surface area contributed by atoms with E-state index in [4.69, 9.17) is 5.73 Å². The maximum absolute atomic E-state index is 5.62. The van der Waals surface area contributed by atoms with Gasteiger partial charge in [-0.15, -0.1) is 11.3 Å². The number of aromatic nitrogens is 1. The summed E-state index contributed by atoms with van der Waals surface area (Å²) in [6.07, 6.45) is 0. The molecular formula is C8H14N2S2. The normalized spacial score (nSPS) is 12.0. The van der Waals surface area contributed by atoms with Crippen LogP contribution < -0.4 is 5.73 Å². The number of thiazole rings is 1. The molecule has 0 saturated heterocycles. The molecule has 0 unspecified atom stereocenters. The Kier molecular flexibility index (Phi) is 3.15. The van der Waals surface area contributed by atoms with Crippen LogP contribution in [-0.2, 0) is 0 Å². The van der Waals surface area contributed by atoms with Gasteiger partial charge in [0.05, 0.1) is 0 Å². The molecule has 0 aliphatic carbocycles. The second kappa shape index (κ2) is 3.77. The Morgan fingerprint density at radius 2 is 2.33 bits per heavy atom. The van der Waals surface area contributed by atoms with E-state index in [-0.39, 0.29) is 4.75 Å². The molecule has 1 aromatic rings. The van der Waals surface area contributed by atoms with Crippen molar-refractivity contribution in [3.63, 3.8) is 0 Å². The quantitative estimate of drug-likeness (QED) is 0.764. The van der Waals surface area contributed by atoms with Gasteiger partial charge in [-0.2, -0.15) is 0 Å². The summed E-state index contributed by atoms with van der Waals surface area (Å²) in [5.41, 5.74) is 6.71. The van der Waals surface area contributed by atoms with E-state index < -0.39 is 0 Å². The molecule has 0 spiro atoms. The first kappa shape index (κ1) is 10.0. The number of rotatable bonds is 3. The minimum atomic E-state index is 0.101. The van der Waals surface area contributed by atoms with Gasteiger partial charge >= 0.3 is 0 Å². The number of hydrogen-bond donors (Lipinski definition) is 1. The fourth-order valence-electron chi connectivity index (χ4n) is 0.657. The second-order valence-electron chi connectivity index (χ2n) is 3.32. The third kappa shape index (κ3) is 2.77. The molecule has 68 valence electrons. The first-order valence-corrected chi connectivity index (χ1v) is 5.54. The molecule has 1 heterocycles. The summed E-state index contributed by atoms with van der Waals surface area (Å²) in [6, 6.07) is 0. The van der Waals surface area contributed by atoms with Gasteiger partial charge in [-0.1, -0.05) is 11.8 Å². The molecule has 0 fully saturated rings. The molecule has 1 rings (SSSR count). The molecule has 0 bridgehead atoms. The van der Waals surface area contributed by atoms with E-state index in [1.54, 1.807) is 23.1 Å². The SMILES string of the molecule is Cc1csc(SC(C)(C)CN)n1. The number of hydrogen-bond acceptors (Lipinski definition) is 4. The third-order valence-electron chi connectivity index (χ3n) is 1.45. The summed E-state index contributed by atoms with van der Waals surface area (Å²) in [5, 5.41) is 2.06. The van der Waals surface area contributed by atoms with Gasteiger partial charge in [-0.3, -0.25) is 0 Å². The summed E-state index contributed by atoms with van der Waals surface area (Å²) in [7, 11) is 0. The van der Waals surface area contributed by atoms with Crippen LogP contribution in [0.4, 0.5) is 0 Å². The monoisotopic (exact) mass is 202 g/mol. The van der Waals surface area contributed by atoms with E-state index in [0.717, 1.165) is 10.0 Å². The van der Waals surface area contributed by atoms with Gasteiger partial charge in [-0.25, -0.2) is 4.98 Å². The summed E-state index contributed by atoms with van der Waals surface area (Å²) in [5.74, 6) is 0. The molecule has 1 aromatic heterocycles. The van der Waals surface area contributed by atoms with Gasteiger partial charge in [-0.05, 0) is 20.8 Å². The maximum Gasteiger partial charge on any atom is 0.150 e. The average molecular weight is 202 g/mol. The minimum Gasteiger partial charge on any atom is -0.329 e. The lowest BCUT2D eigenvalue weighted by atomic mass is 10.2. The Hall–Kier alpha value is -0.0600. The van der Waals surface area contributed by atoms with Gasteiger partial charge in [0.2, 0.25) is 0 Å². The van der Waals surface area contributed by atoms with Crippen LogP contribution in [0.5, 0.6) is 0 Å². The van der Waals surface area contributed by atoms with Crippen LogP contribution in [0.15, 0.2) is 9.72 Å².